The highest BCUT2D eigenvalue weighted by molar-refractivity contribution is 7.13. The topological polar surface area (TPSA) is 79.5 Å². The van der Waals surface area contributed by atoms with Crippen molar-refractivity contribution in [2.75, 3.05) is 6.54 Å². The molecule has 1 aliphatic rings. The molecule has 0 radical (unpaired) electrons. The number of hydrogen-bond acceptors (Lipinski definition) is 6. The van der Waals surface area contributed by atoms with Gasteiger partial charge in [0.25, 0.3) is 0 Å². The summed E-state index contributed by atoms with van der Waals surface area (Å²) in [5.74, 6) is 0.267. The second-order valence-corrected chi connectivity index (χ2v) is 5.76. The maximum atomic E-state index is 11.2. The number of carboxylic acids is 1. The zero-order chi connectivity index (χ0) is 13.9. The van der Waals surface area contributed by atoms with Crippen molar-refractivity contribution in [3.05, 3.63) is 23.4 Å². The predicted octanol–water partition coefficient (Wildman–Crippen LogP) is 2.66. The largest absolute Gasteiger partial charge is 0.480 e. The summed E-state index contributed by atoms with van der Waals surface area (Å²) in [5.41, 5.74) is 0. The SMILES string of the molecule is Cl.O=C(O)C1CCCCN1Cc1nc(-c2cccs2)no1. The minimum Gasteiger partial charge on any atom is -0.480 e. The first-order valence-corrected chi connectivity index (χ1v) is 7.45. The van der Waals surface area contributed by atoms with Crippen molar-refractivity contribution in [1.82, 2.24) is 15.0 Å². The highest BCUT2D eigenvalue weighted by atomic mass is 35.5. The van der Waals surface area contributed by atoms with Gasteiger partial charge in [-0.15, -0.1) is 23.7 Å². The van der Waals surface area contributed by atoms with E-state index in [4.69, 9.17) is 4.52 Å². The van der Waals surface area contributed by atoms with Crippen LogP contribution in [0.3, 0.4) is 0 Å². The number of piperidine rings is 1. The molecule has 1 fully saturated rings. The number of aromatic nitrogens is 2. The van der Waals surface area contributed by atoms with E-state index < -0.39 is 12.0 Å². The van der Waals surface area contributed by atoms with Gasteiger partial charge in [-0.2, -0.15) is 4.98 Å². The Morgan fingerprint density at radius 1 is 1.52 bits per heavy atom. The fourth-order valence-electron chi connectivity index (χ4n) is 2.46. The number of rotatable bonds is 4. The molecule has 1 saturated heterocycles. The Hall–Kier alpha value is -1.44. The fraction of sp³-hybridized carbons (Fsp3) is 0.462. The van der Waals surface area contributed by atoms with Gasteiger partial charge in [-0.3, -0.25) is 9.69 Å². The van der Waals surface area contributed by atoms with Gasteiger partial charge in [-0.05, 0) is 30.8 Å². The summed E-state index contributed by atoms with van der Waals surface area (Å²) >= 11 is 1.55. The minimum atomic E-state index is -0.775. The summed E-state index contributed by atoms with van der Waals surface area (Å²) in [6, 6.07) is 3.42. The number of nitrogens with zero attached hydrogens (tertiary/aromatic N) is 3. The predicted molar refractivity (Wildman–Crippen MR) is 80.5 cm³/mol. The molecule has 0 spiro atoms. The average Bonchev–Trinajstić information content (AvgIpc) is 3.09. The van der Waals surface area contributed by atoms with E-state index in [1.54, 1.807) is 11.3 Å². The van der Waals surface area contributed by atoms with E-state index in [1.165, 1.54) is 0 Å². The van der Waals surface area contributed by atoms with Gasteiger partial charge in [0.15, 0.2) is 0 Å². The van der Waals surface area contributed by atoms with Crippen LogP contribution in [0, 0.1) is 0 Å². The Kier molecular flexibility index (Phi) is 5.33. The molecular formula is C13H16ClN3O3S. The molecule has 21 heavy (non-hydrogen) atoms. The molecule has 1 atom stereocenters. The monoisotopic (exact) mass is 329 g/mol. The van der Waals surface area contributed by atoms with E-state index in [0.29, 0.717) is 24.7 Å². The Bertz CT molecular complexity index is 587. The lowest BCUT2D eigenvalue weighted by Crippen LogP contribution is -2.44. The molecule has 0 aliphatic carbocycles. The van der Waals surface area contributed by atoms with Gasteiger partial charge in [0, 0.05) is 0 Å². The van der Waals surface area contributed by atoms with Gasteiger partial charge in [0.1, 0.15) is 6.04 Å². The zero-order valence-electron chi connectivity index (χ0n) is 11.3. The van der Waals surface area contributed by atoms with Gasteiger partial charge in [0.05, 0.1) is 11.4 Å². The summed E-state index contributed by atoms with van der Waals surface area (Å²) in [6.45, 7) is 1.16. The summed E-state index contributed by atoms with van der Waals surface area (Å²) in [4.78, 5) is 18.4. The summed E-state index contributed by atoms with van der Waals surface area (Å²) in [5, 5.41) is 15.1. The smallest absolute Gasteiger partial charge is 0.320 e. The van der Waals surface area contributed by atoms with Crippen LogP contribution in [-0.4, -0.2) is 38.7 Å². The molecule has 0 aromatic carbocycles. The van der Waals surface area contributed by atoms with E-state index in [-0.39, 0.29) is 12.4 Å². The molecule has 0 amide bonds. The third-order valence-electron chi connectivity index (χ3n) is 3.45. The van der Waals surface area contributed by atoms with Crippen molar-refractivity contribution in [1.29, 1.82) is 0 Å². The molecule has 0 saturated carbocycles. The molecule has 1 unspecified atom stereocenters. The Morgan fingerprint density at radius 2 is 2.38 bits per heavy atom. The Morgan fingerprint density at radius 3 is 3.10 bits per heavy atom. The van der Waals surface area contributed by atoms with Gasteiger partial charge in [0.2, 0.25) is 11.7 Å². The molecule has 1 N–H and O–H groups in total. The molecule has 3 heterocycles. The molecular weight excluding hydrogens is 314 g/mol. The van der Waals surface area contributed by atoms with Crippen molar-refractivity contribution in [3.63, 3.8) is 0 Å². The molecule has 3 rings (SSSR count). The average molecular weight is 330 g/mol. The standard InChI is InChI=1S/C13H15N3O3S.ClH/c17-13(18)9-4-1-2-6-16(9)8-11-14-12(15-19-11)10-5-3-7-20-10;/h3,5,7,9H,1-2,4,6,8H2,(H,17,18);1H. The molecule has 0 bridgehead atoms. The van der Waals surface area contributed by atoms with Crippen LogP contribution in [0.5, 0.6) is 0 Å². The van der Waals surface area contributed by atoms with Crippen LogP contribution >= 0.6 is 23.7 Å². The lowest BCUT2D eigenvalue weighted by Gasteiger charge is -2.31. The number of likely N-dealkylation sites (tertiary alicyclic amines) is 1. The molecule has 114 valence electrons. The summed E-state index contributed by atoms with van der Waals surface area (Å²) in [7, 11) is 0. The van der Waals surface area contributed by atoms with Crippen LogP contribution in [0.4, 0.5) is 0 Å². The molecule has 6 nitrogen and oxygen atoms in total. The van der Waals surface area contributed by atoms with Gasteiger partial charge in [-0.25, -0.2) is 0 Å². The quantitative estimate of drug-likeness (QED) is 0.929. The lowest BCUT2D eigenvalue weighted by atomic mass is 10.0. The third-order valence-corrected chi connectivity index (χ3v) is 4.31. The van der Waals surface area contributed by atoms with Crippen molar-refractivity contribution in [3.8, 4) is 10.7 Å². The Labute approximate surface area is 132 Å². The summed E-state index contributed by atoms with van der Waals surface area (Å²) < 4.78 is 5.23. The van der Waals surface area contributed by atoms with Crippen LogP contribution in [-0.2, 0) is 11.3 Å². The lowest BCUT2D eigenvalue weighted by molar-refractivity contribution is -0.145. The molecule has 1 aliphatic heterocycles. The number of carbonyl (C=O) groups is 1. The van der Waals surface area contributed by atoms with E-state index >= 15 is 0 Å². The maximum Gasteiger partial charge on any atom is 0.320 e. The molecule has 2 aromatic heterocycles. The summed E-state index contributed by atoms with van der Waals surface area (Å²) in [6.07, 6.45) is 2.65. The van der Waals surface area contributed by atoms with E-state index in [2.05, 4.69) is 10.1 Å². The highest BCUT2D eigenvalue weighted by Crippen LogP contribution is 2.23. The van der Waals surface area contributed by atoms with Crippen LogP contribution < -0.4 is 0 Å². The van der Waals surface area contributed by atoms with Gasteiger partial charge < -0.3 is 9.63 Å². The first-order valence-electron chi connectivity index (χ1n) is 6.57. The van der Waals surface area contributed by atoms with Crippen molar-refractivity contribution >= 4 is 29.7 Å². The van der Waals surface area contributed by atoms with E-state index in [9.17, 15) is 9.90 Å². The fourth-order valence-corrected chi connectivity index (χ4v) is 3.11. The van der Waals surface area contributed by atoms with Gasteiger partial charge >= 0.3 is 5.97 Å². The van der Waals surface area contributed by atoms with Crippen LogP contribution in [0.2, 0.25) is 0 Å². The number of carboxylic acid groups (broad SMARTS) is 1. The number of aliphatic carboxylic acids is 1. The van der Waals surface area contributed by atoms with Crippen LogP contribution in [0.25, 0.3) is 10.7 Å². The molecule has 2 aromatic rings. The second kappa shape index (κ2) is 7.02. The van der Waals surface area contributed by atoms with E-state index in [1.807, 2.05) is 22.4 Å². The highest BCUT2D eigenvalue weighted by Gasteiger charge is 2.29. The number of hydrogen-bond donors (Lipinski definition) is 1. The first kappa shape index (κ1) is 15.9. The minimum absolute atomic E-state index is 0. The van der Waals surface area contributed by atoms with Crippen molar-refractivity contribution in [2.24, 2.45) is 0 Å². The number of halogens is 1. The third kappa shape index (κ3) is 3.61. The van der Waals surface area contributed by atoms with Gasteiger partial charge in [-0.1, -0.05) is 17.6 Å². The second-order valence-electron chi connectivity index (χ2n) is 4.81. The maximum absolute atomic E-state index is 11.2. The normalized spacial score (nSPS) is 19.1. The van der Waals surface area contributed by atoms with Crippen molar-refractivity contribution in [2.45, 2.75) is 31.8 Å². The Balaban J connectivity index is 0.00000161. The first-order chi connectivity index (χ1) is 9.74. The van der Waals surface area contributed by atoms with Crippen molar-refractivity contribution < 1.29 is 14.4 Å². The number of thiophene rings is 1. The van der Waals surface area contributed by atoms with Crippen LogP contribution in [0.15, 0.2) is 22.0 Å². The van der Waals surface area contributed by atoms with E-state index in [0.717, 1.165) is 24.3 Å². The van der Waals surface area contributed by atoms with Crippen LogP contribution in [0.1, 0.15) is 25.2 Å². The molecule has 8 heteroatoms. The zero-order valence-corrected chi connectivity index (χ0v) is 12.9.